The van der Waals surface area contributed by atoms with Crippen LogP contribution in [0.4, 0.5) is 0 Å². The summed E-state index contributed by atoms with van der Waals surface area (Å²) < 4.78 is 0. The fourth-order valence-electron chi connectivity index (χ4n) is 4.49. The van der Waals surface area contributed by atoms with Gasteiger partial charge in [0, 0.05) is 49.3 Å². The van der Waals surface area contributed by atoms with E-state index in [2.05, 4.69) is 60.3 Å². The predicted molar refractivity (Wildman–Crippen MR) is 122 cm³/mol. The molecule has 0 bridgehead atoms. The van der Waals surface area contributed by atoms with Crippen LogP contribution >= 0.6 is 0 Å². The van der Waals surface area contributed by atoms with Crippen LogP contribution in [0.1, 0.15) is 58.0 Å². The number of carbonyl (C=O) groups excluding carboxylic acids is 1. The average molecular weight is 388 g/mol. The summed E-state index contributed by atoms with van der Waals surface area (Å²) in [4.78, 5) is 20.3. The van der Waals surface area contributed by atoms with Gasteiger partial charge in [0.15, 0.2) is 0 Å². The molecule has 3 aromatic rings. The Morgan fingerprint density at radius 1 is 1.07 bits per heavy atom. The van der Waals surface area contributed by atoms with E-state index in [1.54, 1.807) is 0 Å². The van der Waals surface area contributed by atoms with Crippen LogP contribution in [-0.4, -0.2) is 22.4 Å². The Labute approximate surface area is 173 Å². The highest BCUT2D eigenvalue weighted by atomic mass is 16.1. The van der Waals surface area contributed by atoms with E-state index in [1.165, 1.54) is 11.1 Å². The van der Waals surface area contributed by atoms with Crippen molar-refractivity contribution in [1.82, 2.24) is 15.3 Å². The van der Waals surface area contributed by atoms with Gasteiger partial charge >= 0.3 is 0 Å². The van der Waals surface area contributed by atoms with E-state index < -0.39 is 0 Å². The van der Waals surface area contributed by atoms with Gasteiger partial charge in [0.05, 0.1) is 0 Å². The van der Waals surface area contributed by atoms with Crippen molar-refractivity contribution in [2.75, 3.05) is 6.54 Å². The number of aromatic amines is 1. The quantitative estimate of drug-likeness (QED) is 0.578. The summed E-state index contributed by atoms with van der Waals surface area (Å²) in [7, 11) is 0. The van der Waals surface area contributed by atoms with E-state index >= 15 is 0 Å². The van der Waals surface area contributed by atoms with Crippen molar-refractivity contribution in [3.05, 3.63) is 71.1 Å². The summed E-state index contributed by atoms with van der Waals surface area (Å²) >= 11 is 0. The highest BCUT2D eigenvalue weighted by Crippen LogP contribution is 2.37. The second kappa shape index (κ2) is 6.45. The molecule has 150 valence electrons. The zero-order chi connectivity index (χ0) is 20.2. The van der Waals surface area contributed by atoms with Gasteiger partial charge in [0.2, 0.25) is 0 Å². The molecule has 1 aliphatic heterocycles. The Morgan fingerprint density at radius 2 is 1.90 bits per heavy atom. The van der Waals surface area contributed by atoms with Crippen LogP contribution in [0.5, 0.6) is 0 Å². The number of hydrogen-bond donors (Lipinski definition) is 2. The maximum Gasteiger partial charge on any atom is 0.251 e. The van der Waals surface area contributed by atoms with Crippen LogP contribution in [0, 0.1) is 0 Å². The number of benzene rings is 1. The number of nitrogens with zero attached hydrogens (tertiary/aromatic N) is 1. The van der Waals surface area contributed by atoms with Gasteiger partial charge in [-0.1, -0.05) is 32.1 Å². The molecular formula is C25H29N3O. The lowest BCUT2D eigenvalue weighted by molar-refractivity contribution is 0.0930. The predicted octanol–water partition coefficient (Wildman–Crippen LogP) is 5.87. The summed E-state index contributed by atoms with van der Waals surface area (Å²) in [5.74, 6) is 0.0141. The lowest BCUT2D eigenvalue weighted by atomic mass is 9.78. The monoisotopic (exact) mass is 387 g/mol. The van der Waals surface area contributed by atoms with Gasteiger partial charge in [-0.05, 0) is 60.2 Å². The van der Waals surface area contributed by atoms with E-state index in [-0.39, 0.29) is 14.2 Å². The molecule has 2 aliphatic rings. The molecule has 1 aliphatic carbocycles. The standard InChI is InChI=1S/C25H25N3O.2H2/c1-15-6-4-5-7-18(15)17-10-20-21(13-27-23(20)26-12-17)16-8-9-19-22(11-16)25(2,3)14-28-24(19)29;;/h6-13H,4-5,14H2,1-3H3,(H,26,27)(H,28,29);2*1H. The van der Waals surface area contributed by atoms with E-state index in [0.717, 1.165) is 51.7 Å². The number of amides is 1. The summed E-state index contributed by atoms with van der Waals surface area (Å²) in [6, 6.07) is 8.40. The third-order valence-corrected chi connectivity index (χ3v) is 6.23. The first kappa shape index (κ1) is 17.9. The van der Waals surface area contributed by atoms with Crippen molar-refractivity contribution in [3.8, 4) is 11.1 Å². The summed E-state index contributed by atoms with van der Waals surface area (Å²) in [5, 5.41) is 4.10. The summed E-state index contributed by atoms with van der Waals surface area (Å²) in [6.45, 7) is 7.18. The molecule has 0 radical (unpaired) electrons. The molecular weight excluding hydrogens is 358 g/mol. The molecule has 2 N–H and O–H groups in total. The van der Waals surface area contributed by atoms with Crippen molar-refractivity contribution in [1.29, 1.82) is 0 Å². The maximum absolute atomic E-state index is 12.3. The van der Waals surface area contributed by atoms with Gasteiger partial charge in [0.25, 0.3) is 5.91 Å². The van der Waals surface area contributed by atoms with Gasteiger partial charge in [-0.2, -0.15) is 0 Å². The number of pyridine rings is 1. The van der Waals surface area contributed by atoms with Gasteiger partial charge in [0.1, 0.15) is 5.65 Å². The minimum absolute atomic E-state index is 0. The maximum atomic E-state index is 12.3. The minimum Gasteiger partial charge on any atom is -0.351 e. The first-order chi connectivity index (χ1) is 13.9. The second-order valence-electron chi connectivity index (χ2n) is 8.73. The van der Waals surface area contributed by atoms with E-state index in [1.807, 2.05) is 24.5 Å². The Kier molecular flexibility index (Phi) is 3.98. The highest BCUT2D eigenvalue weighted by Gasteiger charge is 2.31. The number of fused-ring (bicyclic) bond motifs is 2. The van der Waals surface area contributed by atoms with Crippen molar-refractivity contribution < 1.29 is 7.65 Å². The summed E-state index contributed by atoms with van der Waals surface area (Å²) in [5.41, 5.74) is 8.66. The zero-order valence-electron chi connectivity index (χ0n) is 17.1. The van der Waals surface area contributed by atoms with Gasteiger partial charge in [-0.15, -0.1) is 0 Å². The van der Waals surface area contributed by atoms with Gasteiger partial charge in [-0.25, -0.2) is 4.98 Å². The molecule has 0 saturated carbocycles. The lowest BCUT2D eigenvalue weighted by Gasteiger charge is -2.32. The first-order valence-electron chi connectivity index (χ1n) is 10.2. The molecule has 4 heteroatoms. The van der Waals surface area contributed by atoms with Crippen LogP contribution in [0.25, 0.3) is 27.7 Å². The number of rotatable bonds is 2. The SMILES string of the molecule is CC1=CCCC=C1c1cnc2[nH]cc(-c3ccc4c(c3)C(C)(C)CNC4=O)c2c1.[HH].[HH]. The number of hydrogen-bond acceptors (Lipinski definition) is 2. The third kappa shape index (κ3) is 2.91. The van der Waals surface area contributed by atoms with Crippen LogP contribution < -0.4 is 5.32 Å². The van der Waals surface area contributed by atoms with Crippen LogP contribution in [0.3, 0.4) is 0 Å². The van der Waals surface area contributed by atoms with Crippen molar-refractivity contribution in [2.45, 2.75) is 39.0 Å². The molecule has 0 atom stereocenters. The number of carbonyl (C=O) groups is 1. The molecule has 1 aromatic carbocycles. The van der Waals surface area contributed by atoms with Gasteiger partial charge < -0.3 is 10.3 Å². The highest BCUT2D eigenvalue weighted by molar-refractivity contribution is 6.00. The van der Waals surface area contributed by atoms with E-state index in [0.29, 0.717) is 6.54 Å². The van der Waals surface area contributed by atoms with Crippen molar-refractivity contribution in [3.63, 3.8) is 0 Å². The molecule has 1 amide bonds. The van der Waals surface area contributed by atoms with Gasteiger partial charge in [-0.3, -0.25) is 4.79 Å². The molecule has 0 unspecified atom stereocenters. The fourth-order valence-corrected chi connectivity index (χ4v) is 4.49. The Balaban J connectivity index is 0.00000136. The fraction of sp³-hybridized carbons (Fsp3) is 0.280. The van der Waals surface area contributed by atoms with Crippen molar-refractivity contribution in [2.24, 2.45) is 0 Å². The lowest BCUT2D eigenvalue weighted by Crippen LogP contribution is -2.43. The molecule has 3 heterocycles. The Hall–Kier alpha value is -3.14. The van der Waals surface area contributed by atoms with Crippen LogP contribution in [0.2, 0.25) is 0 Å². The molecule has 0 spiro atoms. The Morgan fingerprint density at radius 3 is 2.72 bits per heavy atom. The average Bonchev–Trinajstić information content (AvgIpc) is 3.14. The number of nitrogens with one attached hydrogen (secondary N) is 2. The molecule has 2 aromatic heterocycles. The number of H-pyrrole nitrogens is 1. The topological polar surface area (TPSA) is 57.8 Å². The normalized spacial score (nSPS) is 18.1. The van der Waals surface area contributed by atoms with Crippen molar-refractivity contribution >= 4 is 22.5 Å². The summed E-state index contributed by atoms with van der Waals surface area (Å²) in [6.07, 6.45) is 10.8. The van der Waals surface area contributed by atoms with E-state index in [4.69, 9.17) is 0 Å². The smallest absolute Gasteiger partial charge is 0.251 e. The second-order valence-corrected chi connectivity index (χ2v) is 8.73. The first-order valence-corrected chi connectivity index (χ1v) is 10.2. The molecule has 29 heavy (non-hydrogen) atoms. The van der Waals surface area contributed by atoms with E-state index in [9.17, 15) is 4.79 Å². The number of allylic oxidation sites excluding steroid dienone is 4. The molecule has 0 saturated heterocycles. The minimum atomic E-state index is -0.0937. The molecule has 5 rings (SSSR count). The Bertz CT molecular complexity index is 1220. The zero-order valence-corrected chi connectivity index (χ0v) is 17.1. The number of aromatic nitrogens is 2. The van der Waals surface area contributed by atoms with Crippen LogP contribution in [0.15, 0.2) is 54.4 Å². The van der Waals surface area contributed by atoms with Crippen LogP contribution in [-0.2, 0) is 5.41 Å². The molecule has 0 fully saturated rings. The largest absolute Gasteiger partial charge is 0.351 e. The third-order valence-electron chi connectivity index (χ3n) is 6.23. The molecule has 4 nitrogen and oxygen atoms in total.